The molecule has 3 heterocycles. The first-order chi connectivity index (χ1) is 14.7. The van der Waals surface area contributed by atoms with E-state index in [1.807, 2.05) is 37.3 Å². The van der Waals surface area contributed by atoms with Crippen molar-refractivity contribution in [3.63, 3.8) is 0 Å². The fourth-order valence-electron chi connectivity index (χ4n) is 3.85. The molecule has 0 N–H and O–H groups in total. The minimum atomic E-state index is -3.09. The van der Waals surface area contributed by atoms with E-state index in [-0.39, 0.29) is 29.2 Å². The van der Waals surface area contributed by atoms with Gasteiger partial charge in [-0.2, -0.15) is 0 Å². The monoisotopic (exact) mass is 475 g/mol. The van der Waals surface area contributed by atoms with Crippen LogP contribution in [0.25, 0.3) is 10.2 Å². The fourth-order valence-corrected chi connectivity index (χ4v) is 7.74. The van der Waals surface area contributed by atoms with Gasteiger partial charge in [0.2, 0.25) is 5.91 Å². The molecule has 9 heteroatoms. The van der Waals surface area contributed by atoms with Gasteiger partial charge in [0.1, 0.15) is 15.7 Å². The third-order valence-electron chi connectivity index (χ3n) is 5.60. The van der Waals surface area contributed by atoms with Crippen molar-refractivity contribution in [2.45, 2.75) is 44.8 Å². The molecule has 164 valence electrons. The molecule has 1 fully saturated rings. The molecule has 0 saturated carbocycles. The highest BCUT2D eigenvalue weighted by molar-refractivity contribution is 8.00. The summed E-state index contributed by atoms with van der Waals surface area (Å²) in [5.74, 6) is 1.01. The number of sulfone groups is 1. The van der Waals surface area contributed by atoms with Crippen molar-refractivity contribution in [3.05, 3.63) is 52.2 Å². The Morgan fingerprint density at radius 2 is 1.94 bits per heavy atom. The minimum Gasteiger partial charge on any atom is -0.334 e. The maximum absolute atomic E-state index is 13.3. The van der Waals surface area contributed by atoms with Crippen molar-refractivity contribution in [2.24, 2.45) is 0 Å². The summed E-state index contributed by atoms with van der Waals surface area (Å²) in [7, 11) is -3.09. The molecule has 0 bridgehead atoms. The predicted octanol–water partition coefficient (Wildman–Crippen LogP) is 3.92. The molecule has 1 saturated heterocycles. The molecule has 0 spiro atoms. The Labute approximate surface area is 191 Å². The lowest BCUT2D eigenvalue weighted by atomic mass is 10.1. The van der Waals surface area contributed by atoms with Crippen molar-refractivity contribution >= 4 is 49.1 Å². The van der Waals surface area contributed by atoms with E-state index in [0.717, 1.165) is 26.4 Å². The summed E-state index contributed by atoms with van der Waals surface area (Å²) >= 11 is 3.06. The number of benzene rings is 1. The van der Waals surface area contributed by atoms with Crippen LogP contribution in [0.2, 0.25) is 0 Å². The first-order valence-electron chi connectivity index (χ1n) is 10.1. The van der Waals surface area contributed by atoms with Crippen molar-refractivity contribution in [1.29, 1.82) is 0 Å². The van der Waals surface area contributed by atoms with Crippen LogP contribution in [0.4, 0.5) is 0 Å². The van der Waals surface area contributed by atoms with Gasteiger partial charge < -0.3 is 4.90 Å². The van der Waals surface area contributed by atoms with Crippen LogP contribution < -0.4 is 0 Å². The Kier molecular flexibility index (Phi) is 6.37. The standard InChI is InChI=1S/C22H25N3O3S3/c1-14-15(2)30-22-20(14)21(23-16(3)24-22)29-12-19(26)25(11-17-7-5-4-6-8-17)18-9-10-31(27,28)13-18/h4-8,18H,9-13H2,1-3H3/t18-/m0/s1. The SMILES string of the molecule is Cc1nc(SCC(=O)N(Cc2ccccc2)[C@H]2CCS(=O)(=O)C2)c2c(C)c(C)sc2n1. The summed E-state index contributed by atoms with van der Waals surface area (Å²) in [6.07, 6.45) is 0.491. The van der Waals surface area contributed by atoms with E-state index in [4.69, 9.17) is 0 Å². The lowest BCUT2D eigenvalue weighted by Gasteiger charge is -2.28. The lowest BCUT2D eigenvalue weighted by molar-refractivity contribution is -0.130. The lowest BCUT2D eigenvalue weighted by Crippen LogP contribution is -2.41. The van der Waals surface area contributed by atoms with Gasteiger partial charge in [0.15, 0.2) is 9.84 Å². The highest BCUT2D eigenvalue weighted by atomic mass is 32.2. The number of carbonyl (C=O) groups is 1. The molecule has 1 atom stereocenters. The number of carbonyl (C=O) groups excluding carboxylic acids is 1. The van der Waals surface area contributed by atoms with E-state index in [1.54, 1.807) is 16.2 Å². The second kappa shape index (κ2) is 8.88. The van der Waals surface area contributed by atoms with E-state index < -0.39 is 9.84 Å². The van der Waals surface area contributed by atoms with Crippen LogP contribution in [0.1, 0.15) is 28.2 Å². The Morgan fingerprint density at radius 3 is 2.61 bits per heavy atom. The number of amides is 1. The average molecular weight is 476 g/mol. The van der Waals surface area contributed by atoms with E-state index >= 15 is 0 Å². The third kappa shape index (κ3) is 4.94. The highest BCUT2D eigenvalue weighted by Gasteiger charge is 2.34. The molecule has 6 nitrogen and oxygen atoms in total. The van der Waals surface area contributed by atoms with Crippen LogP contribution in [0, 0.1) is 20.8 Å². The minimum absolute atomic E-state index is 0.0376. The maximum Gasteiger partial charge on any atom is 0.233 e. The fraction of sp³-hybridized carbons (Fsp3) is 0.409. The topological polar surface area (TPSA) is 80.2 Å². The molecular weight excluding hydrogens is 450 g/mol. The normalized spacial score (nSPS) is 17.8. The molecule has 3 aromatic rings. The van der Waals surface area contributed by atoms with Gasteiger partial charge in [-0.05, 0) is 38.3 Å². The molecule has 1 aliphatic rings. The zero-order valence-corrected chi connectivity index (χ0v) is 20.2. The van der Waals surface area contributed by atoms with Crippen molar-refractivity contribution < 1.29 is 13.2 Å². The maximum atomic E-state index is 13.3. The molecule has 0 radical (unpaired) electrons. The quantitative estimate of drug-likeness (QED) is 0.397. The van der Waals surface area contributed by atoms with Crippen LogP contribution in [-0.2, 0) is 21.2 Å². The van der Waals surface area contributed by atoms with Crippen molar-refractivity contribution in [2.75, 3.05) is 17.3 Å². The summed E-state index contributed by atoms with van der Waals surface area (Å²) in [5.41, 5.74) is 2.15. The number of thioether (sulfide) groups is 1. The zero-order valence-electron chi connectivity index (χ0n) is 17.8. The summed E-state index contributed by atoms with van der Waals surface area (Å²) in [6, 6.07) is 9.44. The molecule has 2 aromatic heterocycles. The van der Waals surface area contributed by atoms with Crippen LogP contribution in [0.15, 0.2) is 35.4 Å². The molecule has 1 aromatic carbocycles. The van der Waals surface area contributed by atoms with Gasteiger partial charge in [-0.15, -0.1) is 11.3 Å². The Morgan fingerprint density at radius 1 is 1.19 bits per heavy atom. The molecule has 0 unspecified atom stereocenters. The summed E-state index contributed by atoms with van der Waals surface area (Å²) < 4.78 is 24.1. The van der Waals surface area contributed by atoms with Crippen LogP contribution in [-0.4, -0.2) is 52.5 Å². The van der Waals surface area contributed by atoms with Gasteiger partial charge in [0, 0.05) is 22.8 Å². The highest BCUT2D eigenvalue weighted by Crippen LogP contribution is 2.35. The van der Waals surface area contributed by atoms with Gasteiger partial charge in [0.25, 0.3) is 0 Å². The first-order valence-corrected chi connectivity index (χ1v) is 13.8. The van der Waals surface area contributed by atoms with Gasteiger partial charge in [0.05, 0.1) is 17.3 Å². The average Bonchev–Trinajstić information content (AvgIpc) is 3.23. The van der Waals surface area contributed by atoms with Gasteiger partial charge in [-0.3, -0.25) is 4.79 Å². The number of nitrogens with zero attached hydrogens (tertiary/aromatic N) is 3. The Hall–Kier alpha value is -1.97. The molecule has 0 aliphatic carbocycles. The number of rotatable bonds is 6. The van der Waals surface area contributed by atoms with Crippen LogP contribution in [0.3, 0.4) is 0 Å². The van der Waals surface area contributed by atoms with E-state index in [1.165, 1.54) is 16.6 Å². The summed E-state index contributed by atoms with van der Waals surface area (Å²) in [5, 5.41) is 1.83. The van der Waals surface area contributed by atoms with Crippen molar-refractivity contribution in [3.8, 4) is 0 Å². The Bertz CT molecular complexity index is 1220. The first kappa shape index (κ1) is 22.2. The second-order valence-corrected chi connectivity index (χ2v) is 12.3. The van der Waals surface area contributed by atoms with E-state index in [9.17, 15) is 13.2 Å². The smallest absolute Gasteiger partial charge is 0.233 e. The summed E-state index contributed by atoms with van der Waals surface area (Å²) in [4.78, 5) is 26.3. The van der Waals surface area contributed by atoms with Crippen LogP contribution in [0.5, 0.6) is 0 Å². The number of aromatic nitrogens is 2. The zero-order chi connectivity index (χ0) is 22.2. The van der Waals surface area contributed by atoms with Crippen molar-refractivity contribution in [1.82, 2.24) is 14.9 Å². The van der Waals surface area contributed by atoms with E-state index in [0.29, 0.717) is 18.8 Å². The van der Waals surface area contributed by atoms with Crippen LogP contribution >= 0.6 is 23.1 Å². The number of hydrogen-bond acceptors (Lipinski definition) is 7. The largest absolute Gasteiger partial charge is 0.334 e. The Balaban J connectivity index is 1.57. The molecule has 31 heavy (non-hydrogen) atoms. The van der Waals surface area contributed by atoms with Gasteiger partial charge in [-0.25, -0.2) is 18.4 Å². The predicted molar refractivity (Wildman–Crippen MR) is 126 cm³/mol. The number of hydrogen-bond donors (Lipinski definition) is 0. The summed E-state index contributed by atoms with van der Waals surface area (Å²) in [6.45, 7) is 6.40. The third-order valence-corrected chi connectivity index (χ3v) is 9.42. The number of aryl methyl sites for hydroxylation is 3. The van der Waals surface area contributed by atoms with E-state index in [2.05, 4.69) is 23.8 Å². The van der Waals surface area contributed by atoms with Gasteiger partial charge in [-0.1, -0.05) is 42.1 Å². The molecule has 1 aliphatic heterocycles. The molecular formula is C22H25N3O3S3. The second-order valence-electron chi connectivity index (χ2n) is 7.89. The van der Waals surface area contributed by atoms with Gasteiger partial charge >= 0.3 is 0 Å². The number of thiophene rings is 1. The number of fused-ring (bicyclic) bond motifs is 1. The molecule has 1 amide bonds. The molecule has 4 rings (SSSR count).